The average Bonchev–Trinajstić information content (AvgIpc) is 3.55. The predicted molar refractivity (Wildman–Crippen MR) is 125 cm³/mol. The van der Waals surface area contributed by atoms with Crippen LogP contribution in [0.5, 0.6) is 11.5 Å². The topological polar surface area (TPSA) is 114 Å². The van der Waals surface area contributed by atoms with Crippen LogP contribution in [0.1, 0.15) is 11.8 Å². The van der Waals surface area contributed by atoms with Crippen molar-refractivity contribution in [3.63, 3.8) is 0 Å². The molecule has 1 unspecified atom stereocenters. The summed E-state index contributed by atoms with van der Waals surface area (Å²) in [7, 11) is -2.13. The Morgan fingerprint density at radius 2 is 1.72 bits per heavy atom. The van der Waals surface area contributed by atoms with Gasteiger partial charge in [0.15, 0.2) is 17.6 Å². The Kier molecular flexibility index (Phi) is 5.28. The first-order chi connectivity index (χ1) is 17.2. The molecule has 0 saturated carbocycles. The van der Waals surface area contributed by atoms with Crippen LogP contribution in [-0.2, 0) is 21.9 Å². The molecule has 6 rings (SSSR count). The molecule has 0 radical (unpaired) electrons. The highest BCUT2D eigenvalue weighted by atomic mass is 32.2. The van der Waals surface area contributed by atoms with Gasteiger partial charge >= 0.3 is 0 Å². The molecule has 1 aromatic heterocycles. The van der Waals surface area contributed by atoms with E-state index in [1.807, 2.05) is 0 Å². The maximum Gasteiger partial charge on any atom is 0.258 e. The Balaban J connectivity index is 1.16. The van der Waals surface area contributed by atoms with Gasteiger partial charge < -0.3 is 19.5 Å². The fourth-order valence-electron chi connectivity index (χ4n) is 4.96. The van der Waals surface area contributed by atoms with Crippen molar-refractivity contribution in [1.29, 1.82) is 0 Å². The number of aryl methyl sites for hydroxylation is 1. The van der Waals surface area contributed by atoms with Crippen LogP contribution < -0.4 is 9.47 Å². The monoisotopic (exact) mass is 514 g/mol. The number of rotatable bonds is 4. The molecule has 0 saturated heterocycles. The Morgan fingerprint density at radius 3 is 2.44 bits per heavy atom. The van der Waals surface area contributed by atoms with Gasteiger partial charge in [0.1, 0.15) is 24.7 Å². The summed E-state index contributed by atoms with van der Waals surface area (Å²) in [5.74, 6) is -0.138. The molecule has 10 nitrogen and oxygen atoms in total. The van der Waals surface area contributed by atoms with E-state index in [1.165, 1.54) is 38.2 Å². The minimum absolute atomic E-state index is 0.0897. The van der Waals surface area contributed by atoms with Crippen LogP contribution in [0, 0.1) is 5.82 Å². The Hall–Kier alpha value is -3.48. The molecule has 1 atom stereocenters. The van der Waals surface area contributed by atoms with Gasteiger partial charge in [-0.25, -0.2) is 12.8 Å². The predicted octanol–water partition coefficient (Wildman–Crippen LogP) is 1.36. The van der Waals surface area contributed by atoms with Crippen molar-refractivity contribution in [2.45, 2.75) is 11.0 Å². The Labute approximate surface area is 206 Å². The zero-order chi connectivity index (χ0) is 25.2. The fraction of sp³-hybridized carbons (Fsp3) is 0.333. The number of carbonyl (C=O) groups excluding carboxylic acids is 1. The molecule has 188 valence electrons. The normalized spacial score (nSPS) is 18.7. The summed E-state index contributed by atoms with van der Waals surface area (Å²) in [5.41, 5.74) is 2.34. The molecule has 0 aliphatic carbocycles. The highest BCUT2D eigenvalue weighted by molar-refractivity contribution is 7.89. The summed E-state index contributed by atoms with van der Waals surface area (Å²) in [4.78, 5) is 14.7. The summed E-state index contributed by atoms with van der Waals surface area (Å²) in [6.07, 6.45) is -1.56. The fourth-order valence-corrected chi connectivity index (χ4v) is 6.41. The second-order valence-corrected chi connectivity index (χ2v) is 11.0. The van der Waals surface area contributed by atoms with Crippen molar-refractivity contribution < 1.29 is 32.2 Å². The molecular weight excluding hydrogens is 491 g/mol. The number of aliphatic hydroxyl groups excluding tert-OH is 1. The van der Waals surface area contributed by atoms with Crippen LogP contribution in [0.3, 0.4) is 0 Å². The molecule has 1 N–H and O–H groups in total. The Morgan fingerprint density at radius 1 is 1.03 bits per heavy atom. The van der Waals surface area contributed by atoms with E-state index in [4.69, 9.17) is 9.47 Å². The molecule has 3 aromatic rings. The third kappa shape index (κ3) is 3.64. The summed E-state index contributed by atoms with van der Waals surface area (Å²) >= 11 is 0. The maximum absolute atomic E-state index is 13.8. The van der Waals surface area contributed by atoms with E-state index in [-0.39, 0.29) is 36.8 Å². The smallest absolute Gasteiger partial charge is 0.258 e. The minimum atomic E-state index is -3.78. The van der Waals surface area contributed by atoms with Crippen LogP contribution in [0.25, 0.3) is 10.9 Å². The first-order valence-corrected chi connectivity index (χ1v) is 12.8. The van der Waals surface area contributed by atoms with E-state index in [0.717, 1.165) is 11.1 Å². The van der Waals surface area contributed by atoms with E-state index in [1.54, 1.807) is 19.2 Å². The van der Waals surface area contributed by atoms with Crippen molar-refractivity contribution in [3.8, 4) is 11.5 Å². The van der Waals surface area contributed by atoms with Gasteiger partial charge in [-0.1, -0.05) is 0 Å². The van der Waals surface area contributed by atoms with E-state index in [2.05, 4.69) is 5.10 Å². The molecule has 0 fully saturated rings. The molecule has 3 aliphatic heterocycles. The third-order valence-corrected chi connectivity index (χ3v) is 8.58. The number of carbonyl (C=O) groups is 1. The maximum atomic E-state index is 13.8. The number of ether oxygens (including phenoxy) is 2. The van der Waals surface area contributed by atoms with Crippen molar-refractivity contribution in [2.75, 3.05) is 39.4 Å². The molecule has 1 amide bonds. The average molecular weight is 515 g/mol. The largest absolute Gasteiger partial charge is 0.486 e. The first kappa shape index (κ1) is 23.0. The van der Waals surface area contributed by atoms with Gasteiger partial charge in [0.25, 0.3) is 5.91 Å². The number of amides is 1. The number of fused-ring (bicyclic) bond motifs is 2. The zero-order valence-corrected chi connectivity index (χ0v) is 20.2. The molecule has 36 heavy (non-hydrogen) atoms. The number of aromatic nitrogens is 2. The highest BCUT2D eigenvalue weighted by Gasteiger charge is 2.40. The van der Waals surface area contributed by atoms with E-state index in [9.17, 15) is 22.7 Å². The van der Waals surface area contributed by atoms with Gasteiger partial charge in [-0.15, -0.1) is 0 Å². The van der Waals surface area contributed by atoms with E-state index in [0.29, 0.717) is 35.6 Å². The van der Waals surface area contributed by atoms with E-state index < -0.39 is 27.9 Å². The lowest BCUT2D eigenvalue weighted by Gasteiger charge is -2.25. The van der Waals surface area contributed by atoms with Crippen molar-refractivity contribution in [1.82, 2.24) is 19.0 Å². The van der Waals surface area contributed by atoms with Gasteiger partial charge in [-0.05, 0) is 41.5 Å². The van der Waals surface area contributed by atoms with E-state index >= 15 is 0 Å². The van der Waals surface area contributed by atoms with Crippen LogP contribution in [-0.4, -0.2) is 77.8 Å². The van der Waals surface area contributed by atoms with Gasteiger partial charge in [-0.3, -0.25) is 9.48 Å². The molecule has 0 spiro atoms. The number of aliphatic hydroxyl groups is 1. The Bertz CT molecular complexity index is 1530. The van der Waals surface area contributed by atoms with Gasteiger partial charge in [0, 0.05) is 44.7 Å². The van der Waals surface area contributed by atoms with Crippen LogP contribution >= 0.6 is 0 Å². The number of nitrogens with zero attached hydrogens (tertiary/aromatic N) is 4. The third-order valence-electron chi connectivity index (χ3n) is 6.79. The van der Waals surface area contributed by atoms with Crippen LogP contribution in [0.4, 0.5) is 4.39 Å². The van der Waals surface area contributed by atoms with Crippen molar-refractivity contribution in [3.05, 3.63) is 59.1 Å². The van der Waals surface area contributed by atoms with Gasteiger partial charge in [0.05, 0.1) is 10.4 Å². The summed E-state index contributed by atoms with van der Waals surface area (Å²) in [6.45, 7) is 1.50. The summed E-state index contributed by atoms with van der Waals surface area (Å²) < 4.78 is 54.2. The lowest BCUT2D eigenvalue weighted by Crippen LogP contribution is -2.38. The molecule has 0 bridgehead atoms. The molecule has 2 aromatic carbocycles. The summed E-state index contributed by atoms with van der Waals surface area (Å²) in [6, 6.07) is 8.64. The first-order valence-electron chi connectivity index (χ1n) is 11.4. The molecule has 12 heteroatoms. The molecule has 4 heterocycles. The SMILES string of the molecule is Cn1nc(C(O)C(=O)N2CC3=C(C2)CN(S(=O)(=O)c2ccc4c(c2)OCCO4)C3)c2cc(F)ccc21. The minimum Gasteiger partial charge on any atom is -0.486 e. The number of halogens is 1. The van der Waals surface area contributed by atoms with Gasteiger partial charge in [0.2, 0.25) is 10.0 Å². The lowest BCUT2D eigenvalue weighted by atomic mass is 10.1. The second-order valence-electron chi connectivity index (χ2n) is 9.05. The van der Waals surface area contributed by atoms with Crippen molar-refractivity contribution in [2.24, 2.45) is 7.05 Å². The lowest BCUT2D eigenvalue weighted by molar-refractivity contribution is -0.139. The van der Waals surface area contributed by atoms with Gasteiger partial charge in [-0.2, -0.15) is 9.40 Å². The molecular formula is C24H23FN4O6S. The number of sulfonamides is 1. The number of benzene rings is 2. The second kappa shape index (κ2) is 8.29. The standard InChI is InChI=1S/C24H23FN4O6S/c1-27-19-4-2-16(25)8-18(19)22(26-27)23(30)24(31)28-10-14-12-29(13-15(14)11-28)36(32,33)17-3-5-20-21(9-17)35-7-6-34-20/h2-5,8-9,23,30H,6-7,10-13H2,1H3. The van der Waals surface area contributed by atoms with Crippen LogP contribution in [0.15, 0.2) is 52.4 Å². The zero-order valence-electron chi connectivity index (χ0n) is 19.3. The quantitative estimate of drug-likeness (QED) is 0.523. The van der Waals surface area contributed by atoms with Crippen molar-refractivity contribution >= 4 is 26.8 Å². The highest BCUT2D eigenvalue weighted by Crippen LogP contribution is 2.36. The summed E-state index contributed by atoms with van der Waals surface area (Å²) in [5, 5.41) is 15.4. The van der Waals surface area contributed by atoms with Crippen LogP contribution in [0.2, 0.25) is 0 Å². The number of hydrogen-bond acceptors (Lipinski definition) is 7. The molecule has 3 aliphatic rings. The number of hydrogen-bond donors (Lipinski definition) is 1.